The Kier molecular flexibility index (Phi) is 9.17. The van der Waals surface area contributed by atoms with Crippen molar-refractivity contribution in [2.75, 3.05) is 24.6 Å². The first-order valence-corrected chi connectivity index (χ1v) is 12.7. The zero-order valence-electron chi connectivity index (χ0n) is 20.7. The molecule has 38 heavy (non-hydrogen) atoms. The van der Waals surface area contributed by atoms with Crippen molar-refractivity contribution in [3.05, 3.63) is 101 Å². The summed E-state index contributed by atoms with van der Waals surface area (Å²) in [7, 11) is -2.92. The van der Waals surface area contributed by atoms with Crippen molar-refractivity contribution in [2.24, 2.45) is 5.10 Å². The Hall–Kier alpha value is -4.71. The predicted molar refractivity (Wildman–Crippen MR) is 143 cm³/mol. The molecule has 3 aromatic rings. The van der Waals surface area contributed by atoms with Gasteiger partial charge in [-0.3, -0.25) is 19.2 Å². The minimum absolute atomic E-state index is 0.153. The van der Waals surface area contributed by atoms with Crippen molar-refractivity contribution in [2.45, 2.75) is 11.8 Å². The summed E-state index contributed by atoms with van der Waals surface area (Å²) in [6, 6.07) is 16.5. The van der Waals surface area contributed by atoms with Crippen LogP contribution in [0.2, 0.25) is 0 Å². The van der Waals surface area contributed by atoms with Crippen LogP contribution in [0.4, 0.5) is 11.4 Å². The van der Waals surface area contributed by atoms with Crippen LogP contribution < -0.4 is 19.2 Å². The number of carbonyl (C=O) groups is 1. The molecule has 11 nitrogen and oxygen atoms in total. The van der Waals surface area contributed by atoms with Crippen LogP contribution in [0.25, 0.3) is 0 Å². The summed E-state index contributed by atoms with van der Waals surface area (Å²) in [5, 5.41) is 15.3. The largest absolute Gasteiger partial charge is 0.497 e. The lowest BCUT2D eigenvalue weighted by molar-refractivity contribution is -0.385. The topological polar surface area (TPSA) is 140 Å². The lowest BCUT2D eigenvalue weighted by Gasteiger charge is -2.24. The van der Waals surface area contributed by atoms with Crippen LogP contribution in [0.5, 0.6) is 11.5 Å². The number of nitrogens with one attached hydrogen (secondary N) is 1. The van der Waals surface area contributed by atoms with Gasteiger partial charge < -0.3 is 9.47 Å². The van der Waals surface area contributed by atoms with Crippen molar-refractivity contribution in [1.29, 1.82) is 0 Å². The van der Waals surface area contributed by atoms with Crippen LogP contribution in [0.15, 0.2) is 89.4 Å². The Labute approximate surface area is 220 Å². The van der Waals surface area contributed by atoms with Crippen LogP contribution in [-0.2, 0) is 14.8 Å². The van der Waals surface area contributed by atoms with E-state index in [4.69, 9.17) is 9.47 Å². The third kappa shape index (κ3) is 6.95. The van der Waals surface area contributed by atoms with Gasteiger partial charge in [0.05, 0.1) is 28.8 Å². The smallest absolute Gasteiger partial charge is 0.273 e. The molecule has 198 valence electrons. The predicted octanol–water partition coefficient (Wildman–Crippen LogP) is 3.82. The number of nitrogens with zero attached hydrogens (tertiary/aromatic N) is 3. The Balaban J connectivity index is 1.86. The molecule has 1 N–H and O–H groups in total. The van der Waals surface area contributed by atoms with E-state index >= 15 is 0 Å². The number of hydrazone groups is 1. The molecule has 0 spiro atoms. The molecule has 0 bridgehead atoms. The van der Waals surface area contributed by atoms with Gasteiger partial charge in [0.15, 0.2) is 0 Å². The number of hydrogen-bond acceptors (Lipinski definition) is 8. The van der Waals surface area contributed by atoms with Crippen molar-refractivity contribution in [3.8, 4) is 11.5 Å². The Morgan fingerprint density at radius 3 is 2.53 bits per heavy atom. The van der Waals surface area contributed by atoms with Gasteiger partial charge in [-0.2, -0.15) is 5.10 Å². The molecule has 3 rings (SSSR count). The van der Waals surface area contributed by atoms with Gasteiger partial charge in [-0.15, -0.1) is 0 Å². The van der Waals surface area contributed by atoms with Gasteiger partial charge in [-0.1, -0.05) is 30.9 Å². The van der Waals surface area contributed by atoms with Crippen molar-refractivity contribution in [1.82, 2.24) is 5.43 Å². The third-order valence-electron chi connectivity index (χ3n) is 5.24. The summed E-state index contributed by atoms with van der Waals surface area (Å²) in [5.74, 6) is 0.330. The normalized spacial score (nSPS) is 11.1. The van der Waals surface area contributed by atoms with E-state index in [9.17, 15) is 23.3 Å². The second kappa shape index (κ2) is 12.5. The molecule has 0 heterocycles. The van der Waals surface area contributed by atoms with Crippen LogP contribution in [0.3, 0.4) is 0 Å². The molecule has 0 saturated carbocycles. The van der Waals surface area contributed by atoms with Gasteiger partial charge >= 0.3 is 0 Å². The summed E-state index contributed by atoms with van der Waals surface area (Å²) in [6.45, 7) is 4.78. The first kappa shape index (κ1) is 27.9. The maximum atomic E-state index is 13.6. The zero-order valence-corrected chi connectivity index (χ0v) is 21.6. The molecule has 0 saturated heterocycles. The number of nitro groups is 1. The lowest BCUT2D eigenvalue weighted by Crippen LogP contribution is -2.39. The number of sulfonamides is 1. The molecule has 1 amide bonds. The van der Waals surface area contributed by atoms with Gasteiger partial charge in [-0.25, -0.2) is 13.8 Å². The Morgan fingerprint density at radius 2 is 1.87 bits per heavy atom. The Morgan fingerprint density at radius 1 is 1.13 bits per heavy atom. The number of ether oxygens (including phenoxy) is 2. The van der Waals surface area contributed by atoms with E-state index < -0.39 is 27.4 Å². The zero-order chi connectivity index (χ0) is 27.7. The second-order valence-electron chi connectivity index (χ2n) is 7.88. The highest BCUT2D eigenvalue weighted by Gasteiger charge is 2.29. The standard InChI is InChI=1S/C26H26N4O7S/c1-4-14-37-23-7-5-6-20(15-23)17-27-28-26(31)18-29(21-9-11-22(36-3)12-10-21)38(34,35)24-13-8-19(2)25(16-24)30(32)33/h4-13,15-17H,1,14,18H2,2-3H3,(H,28,31)/b27-17-. The minimum atomic E-state index is -4.38. The van der Waals surface area contributed by atoms with Crippen LogP contribution in [0.1, 0.15) is 11.1 Å². The fraction of sp³-hybridized carbons (Fsp3) is 0.154. The number of carbonyl (C=O) groups excluding carboxylic acids is 1. The molecular weight excluding hydrogens is 512 g/mol. The molecule has 3 aromatic carbocycles. The fourth-order valence-electron chi connectivity index (χ4n) is 3.32. The van der Waals surface area contributed by atoms with Crippen molar-refractivity contribution in [3.63, 3.8) is 0 Å². The number of nitro benzene ring substituents is 1. The molecule has 0 aromatic heterocycles. The van der Waals surface area contributed by atoms with E-state index in [0.29, 0.717) is 29.2 Å². The monoisotopic (exact) mass is 538 g/mol. The minimum Gasteiger partial charge on any atom is -0.497 e. The van der Waals surface area contributed by atoms with E-state index in [1.165, 1.54) is 56.6 Å². The van der Waals surface area contributed by atoms with E-state index in [-0.39, 0.29) is 16.3 Å². The van der Waals surface area contributed by atoms with Gasteiger partial charge in [0.1, 0.15) is 24.7 Å². The summed E-state index contributed by atoms with van der Waals surface area (Å²) >= 11 is 0. The fourth-order valence-corrected chi connectivity index (χ4v) is 4.76. The molecule has 0 aliphatic carbocycles. The first-order valence-electron chi connectivity index (χ1n) is 11.2. The molecule has 0 aliphatic rings. The highest BCUT2D eigenvalue weighted by molar-refractivity contribution is 7.92. The molecule has 12 heteroatoms. The number of amides is 1. The number of methoxy groups -OCH3 is 1. The number of rotatable bonds is 12. The van der Waals surface area contributed by atoms with Gasteiger partial charge in [0, 0.05) is 11.6 Å². The maximum Gasteiger partial charge on any atom is 0.273 e. The van der Waals surface area contributed by atoms with Crippen LogP contribution >= 0.6 is 0 Å². The highest BCUT2D eigenvalue weighted by atomic mass is 32.2. The quantitative estimate of drug-likeness (QED) is 0.160. The average molecular weight is 539 g/mol. The van der Waals surface area contributed by atoms with Crippen molar-refractivity contribution < 1.29 is 27.6 Å². The number of hydrogen-bond donors (Lipinski definition) is 1. The number of aryl methyl sites for hydroxylation is 1. The van der Waals surface area contributed by atoms with E-state index in [0.717, 1.165) is 10.4 Å². The van der Waals surface area contributed by atoms with Crippen LogP contribution in [-0.4, -0.2) is 45.7 Å². The third-order valence-corrected chi connectivity index (χ3v) is 7.01. The second-order valence-corrected chi connectivity index (χ2v) is 9.74. The molecule has 0 fully saturated rings. The Bertz CT molecular complexity index is 1450. The molecule has 0 atom stereocenters. The highest BCUT2D eigenvalue weighted by Crippen LogP contribution is 2.29. The molecule has 0 unspecified atom stereocenters. The first-order chi connectivity index (χ1) is 18.1. The lowest BCUT2D eigenvalue weighted by atomic mass is 10.2. The summed E-state index contributed by atoms with van der Waals surface area (Å²) in [6.07, 6.45) is 2.99. The van der Waals surface area contributed by atoms with Gasteiger partial charge in [0.2, 0.25) is 0 Å². The van der Waals surface area contributed by atoms with Crippen molar-refractivity contribution >= 4 is 33.5 Å². The van der Waals surface area contributed by atoms with E-state index in [1.807, 2.05) is 0 Å². The molecule has 0 radical (unpaired) electrons. The summed E-state index contributed by atoms with van der Waals surface area (Å²) in [5.41, 5.74) is 3.05. The summed E-state index contributed by atoms with van der Waals surface area (Å²) < 4.78 is 38.5. The number of benzene rings is 3. The van der Waals surface area contributed by atoms with Crippen LogP contribution in [0, 0.1) is 17.0 Å². The van der Waals surface area contributed by atoms with E-state index in [2.05, 4.69) is 17.1 Å². The summed E-state index contributed by atoms with van der Waals surface area (Å²) in [4.78, 5) is 23.1. The number of anilines is 1. The molecule has 0 aliphatic heterocycles. The maximum absolute atomic E-state index is 13.6. The molecular formula is C26H26N4O7S. The van der Waals surface area contributed by atoms with Gasteiger partial charge in [-0.05, 0) is 55.0 Å². The average Bonchev–Trinajstić information content (AvgIpc) is 2.90. The SMILES string of the molecule is C=CCOc1cccc(/C=N\NC(=O)CN(c2ccc(OC)cc2)S(=O)(=O)c2ccc(C)c([N+](=O)[O-])c2)c1. The van der Waals surface area contributed by atoms with Gasteiger partial charge in [0.25, 0.3) is 21.6 Å². The van der Waals surface area contributed by atoms with E-state index in [1.54, 1.807) is 30.3 Å².